The summed E-state index contributed by atoms with van der Waals surface area (Å²) in [5.74, 6) is 0.804. The summed E-state index contributed by atoms with van der Waals surface area (Å²) in [5.41, 5.74) is 4.09. The van der Waals surface area contributed by atoms with Crippen LogP contribution in [0.5, 0.6) is 5.75 Å². The van der Waals surface area contributed by atoms with E-state index in [1.54, 1.807) is 0 Å². The van der Waals surface area contributed by atoms with E-state index < -0.39 is 6.10 Å². The maximum Gasteiger partial charge on any atom is 0.126 e. The summed E-state index contributed by atoms with van der Waals surface area (Å²) < 4.78 is 5.83. The maximum atomic E-state index is 10.5. The van der Waals surface area contributed by atoms with Gasteiger partial charge in [-0.15, -0.1) is 0 Å². The number of ether oxygens (including phenoxy) is 1. The number of aryl methyl sites for hydroxylation is 1. The fraction of sp³-hybridized carbons (Fsp3) is 0.250. The zero-order chi connectivity index (χ0) is 12.5. The molecule has 3 rings (SSSR count). The van der Waals surface area contributed by atoms with Crippen LogP contribution in [0.15, 0.2) is 42.5 Å². The summed E-state index contributed by atoms with van der Waals surface area (Å²) in [6.45, 7) is 2.64. The molecule has 0 aliphatic carbocycles. The van der Waals surface area contributed by atoms with E-state index in [-0.39, 0.29) is 0 Å². The van der Waals surface area contributed by atoms with Gasteiger partial charge in [-0.3, -0.25) is 0 Å². The molecule has 1 N–H and O–H groups in total. The molecule has 2 aromatic carbocycles. The van der Waals surface area contributed by atoms with E-state index in [9.17, 15) is 5.11 Å². The highest BCUT2D eigenvalue weighted by Gasteiger charge is 2.22. The molecule has 1 aliphatic heterocycles. The minimum absolute atomic E-state index is 0.521. The second kappa shape index (κ2) is 4.46. The molecule has 0 radical (unpaired) electrons. The molecule has 92 valence electrons. The van der Waals surface area contributed by atoms with Crippen LogP contribution in [0.25, 0.3) is 0 Å². The average Bonchev–Trinajstić information content (AvgIpc) is 2.57. The Morgan fingerprint density at radius 3 is 2.83 bits per heavy atom. The van der Waals surface area contributed by atoms with Crippen LogP contribution < -0.4 is 4.74 Å². The molecule has 1 heterocycles. The Morgan fingerprint density at radius 1 is 1.17 bits per heavy atom. The summed E-state index contributed by atoms with van der Waals surface area (Å²) in [7, 11) is 0. The van der Waals surface area contributed by atoms with Crippen LogP contribution >= 0.6 is 0 Å². The van der Waals surface area contributed by atoms with Gasteiger partial charge in [0.2, 0.25) is 0 Å². The van der Waals surface area contributed by atoms with Gasteiger partial charge in [0.15, 0.2) is 0 Å². The van der Waals surface area contributed by atoms with Crippen molar-refractivity contribution in [3.63, 3.8) is 0 Å². The quantitative estimate of drug-likeness (QED) is 0.829. The van der Waals surface area contributed by atoms with E-state index in [0.29, 0.717) is 6.61 Å². The van der Waals surface area contributed by atoms with Gasteiger partial charge in [-0.05, 0) is 29.2 Å². The van der Waals surface area contributed by atoms with Gasteiger partial charge in [0.05, 0.1) is 0 Å². The molecule has 0 saturated carbocycles. The largest absolute Gasteiger partial charge is 0.488 e. The lowest BCUT2D eigenvalue weighted by Crippen LogP contribution is -2.00. The number of benzene rings is 2. The normalized spacial score (nSPS) is 17.3. The maximum absolute atomic E-state index is 10.5. The first-order valence-electron chi connectivity index (χ1n) is 6.31. The van der Waals surface area contributed by atoms with Gasteiger partial charge in [0, 0.05) is 5.56 Å². The molecular weight excluding hydrogens is 224 g/mol. The number of aliphatic hydroxyl groups excluding tert-OH is 1. The first-order chi connectivity index (χ1) is 8.79. The van der Waals surface area contributed by atoms with Crippen molar-refractivity contribution in [2.75, 3.05) is 0 Å². The summed E-state index contributed by atoms with van der Waals surface area (Å²) in [4.78, 5) is 0. The lowest BCUT2D eigenvalue weighted by Gasteiger charge is -2.13. The molecule has 0 saturated heterocycles. The first kappa shape index (κ1) is 11.3. The zero-order valence-corrected chi connectivity index (χ0v) is 10.4. The Balaban J connectivity index is 2.11. The lowest BCUT2D eigenvalue weighted by molar-refractivity contribution is 0.218. The summed E-state index contributed by atoms with van der Waals surface area (Å²) in [6.07, 6.45) is 0.379. The molecule has 1 aliphatic rings. The Labute approximate surface area is 107 Å². The smallest absolute Gasteiger partial charge is 0.126 e. The molecule has 2 aromatic rings. The number of hydrogen-bond donors (Lipinski definition) is 1. The molecular formula is C16H16O2. The fourth-order valence-electron chi connectivity index (χ4n) is 2.41. The molecule has 18 heavy (non-hydrogen) atoms. The zero-order valence-electron chi connectivity index (χ0n) is 10.4. The third-order valence-electron chi connectivity index (χ3n) is 3.51. The Morgan fingerprint density at radius 2 is 2.00 bits per heavy atom. The van der Waals surface area contributed by atoms with Crippen molar-refractivity contribution in [1.82, 2.24) is 0 Å². The standard InChI is InChI=1S/C16H16O2/c1-2-11-7-8-14-15(9-11)18-10-12-5-3-4-6-13(12)16(14)17/h3-9,16-17H,2,10H2,1H3. The van der Waals surface area contributed by atoms with Crippen LogP contribution in [0, 0.1) is 0 Å². The van der Waals surface area contributed by atoms with Crippen LogP contribution in [-0.4, -0.2) is 5.11 Å². The van der Waals surface area contributed by atoms with E-state index in [2.05, 4.69) is 13.0 Å². The SMILES string of the molecule is CCc1ccc2c(c1)OCc1ccccc1C2O. The fourth-order valence-corrected chi connectivity index (χ4v) is 2.41. The Hall–Kier alpha value is -1.80. The van der Waals surface area contributed by atoms with Crippen LogP contribution in [0.1, 0.15) is 35.3 Å². The van der Waals surface area contributed by atoms with Crippen molar-refractivity contribution in [3.8, 4) is 5.75 Å². The number of aliphatic hydroxyl groups is 1. The van der Waals surface area contributed by atoms with Crippen molar-refractivity contribution in [1.29, 1.82) is 0 Å². The van der Waals surface area contributed by atoms with Gasteiger partial charge < -0.3 is 9.84 Å². The highest BCUT2D eigenvalue weighted by Crippen LogP contribution is 2.36. The van der Waals surface area contributed by atoms with Gasteiger partial charge in [-0.25, -0.2) is 0 Å². The minimum Gasteiger partial charge on any atom is -0.488 e. The molecule has 1 unspecified atom stereocenters. The van der Waals surface area contributed by atoms with Gasteiger partial charge in [0.1, 0.15) is 18.5 Å². The van der Waals surface area contributed by atoms with Gasteiger partial charge in [0.25, 0.3) is 0 Å². The van der Waals surface area contributed by atoms with Crippen molar-refractivity contribution < 1.29 is 9.84 Å². The number of fused-ring (bicyclic) bond motifs is 2. The minimum atomic E-state index is -0.593. The summed E-state index contributed by atoms with van der Waals surface area (Å²) >= 11 is 0. The molecule has 0 fully saturated rings. The summed E-state index contributed by atoms with van der Waals surface area (Å²) in [6, 6.07) is 14.0. The van der Waals surface area contributed by atoms with Crippen molar-refractivity contribution in [3.05, 3.63) is 64.7 Å². The van der Waals surface area contributed by atoms with Crippen molar-refractivity contribution in [2.45, 2.75) is 26.1 Å². The molecule has 1 atom stereocenters. The number of hydrogen-bond acceptors (Lipinski definition) is 2. The molecule has 0 bridgehead atoms. The second-order valence-electron chi connectivity index (χ2n) is 4.62. The topological polar surface area (TPSA) is 29.5 Å². The molecule has 0 aromatic heterocycles. The van der Waals surface area contributed by atoms with Gasteiger partial charge in [-0.1, -0.05) is 43.3 Å². The van der Waals surface area contributed by atoms with Gasteiger partial charge >= 0.3 is 0 Å². The summed E-state index contributed by atoms with van der Waals surface area (Å²) in [5, 5.41) is 10.5. The van der Waals surface area contributed by atoms with Crippen molar-refractivity contribution >= 4 is 0 Å². The van der Waals surface area contributed by atoms with E-state index >= 15 is 0 Å². The third-order valence-corrected chi connectivity index (χ3v) is 3.51. The monoisotopic (exact) mass is 240 g/mol. The van der Waals surface area contributed by atoms with E-state index in [0.717, 1.165) is 28.9 Å². The highest BCUT2D eigenvalue weighted by molar-refractivity contribution is 5.46. The molecule has 0 spiro atoms. The number of rotatable bonds is 1. The van der Waals surface area contributed by atoms with Crippen molar-refractivity contribution in [2.24, 2.45) is 0 Å². The van der Waals surface area contributed by atoms with Gasteiger partial charge in [-0.2, -0.15) is 0 Å². The first-order valence-corrected chi connectivity index (χ1v) is 6.31. The predicted molar refractivity (Wildman–Crippen MR) is 70.7 cm³/mol. The van der Waals surface area contributed by atoms with Crippen LogP contribution in [0.3, 0.4) is 0 Å². The molecule has 2 nitrogen and oxygen atoms in total. The van der Waals surface area contributed by atoms with Crippen LogP contribution in [0.4, 0.5) is 0 Å². The molecule has 2 heteroatoms. The van der Waals surface area contributed by atoms with E-state index in [1.807, 2.05) is 36.4 Å². The van der Waals surface area contributed by atoms with Crippen LogP contribution in [-0.2, 0) is 13.0 Å². The predicted octanol–water partition coefficient (Wildman–Crippen LogP) is 3.22. The van der Waals surface area contributed by atoms with Crippen LogP contribution in [0.2, 0.25) is 0 Å². The Bertz CT molecular complexity index is 575. The third kappa shape index (κ3) is 1.79. The highest BCUT2D eigenvalue weighted by atomic mass is 16.5. The average molecular weight is 240 g/mol. The second-order valence-corrected chi connectivity index (χ2v) is 4.62. The Kier molecular flexibility index (Phi) is 2.80. The van der Waals surface area contributed by atoms with E-state index in [1.165, 1.54) is 5.56 Å². The lowest BCUT2D eigenvalue weighted by atomic mass is 9.96. The molecule has 0 amide bonds. The van der Waals surface area contributed by atoms with E-state index in [4.69, 9.17) is 4.74 Å².